The normalized spacial score (nSPS) is 13.5. The van der Waals surface area contributed by atoms with E-state index in [4.69, 9.17) is 9.47 Å². The van der Waals surface area contributed by atoms with Gasteiger partial charge in [-0.3, -0.25) is 24.1 Å². The van der Waals surface area contributed by atoms with Crippen molar-refractivity contribution in [3.63, 3.8) is 0 Å². The summed E-state index contributed by atoms with van der Waals surface area (Å²) in [7, 11) is 8.24. The van der Waals surface area contributed by atoms with Gasteiger partial charge < -0.3 is 24.6 Å². The standard InChI is InChI=1S/C26H32N4O6/c1-7-36-21-13-16(11-12-20(21)35-6)19(14-23(32)29(4)5)30-25(33)17-9-8-10-18(24(17)26(30)34)27-22(31)15-28(2)3/h8-13,19H,7,14-15H2,1-6H3,(H,27,31)/t19-/m1/s1. The first-order valence-electron chi connectivity index (χ1n) is 11.5. The lowest BCUT2D eigenvalue weighted by molar-refractivity contribution is -0.129. The molecule has 0 saturated heterocycles. The molecule has 0 aliphatic carbocycles. The number of benzene rings is 2. The molecule has 1 aliphatic rings. The van der Waals surface area contributed by atoms with Crippen LogP contribution in [0.4, 0.5) is 5.69 Å². The highest BCUT2D eigenvalue weighted by molar-refractivity contribution is 6.24. The van der Waals surface area contributed by atoms with Gasteiger partial charge in [-0.15, -0.1) is 0 Å². The number of hydrogen-bond acceptors (Lipinski definition) is 7. The summed E-state index contributed by atoms with van der Waals surface area (Å²) in [5.74, 6) is -0.766. The molecule has 2 aromatic carbocycles. The van der Waals surface area contributed by atoms with Crippen LogP contribution in [0, 0.1) is 0 Å². The number of hydrogen-bond donors (Lipinski definition) is 1. The minimum atomic E-state index is -0.900. The van der Waals surface area contributed by atoms with Crippen LogP contribution in [0.3, 0.4) is 0 Å². The molecule has 1 heterocycles. The largest absolute Gasteiger partial charge is 0.493 e. The number of anilines is 1. The van der Waals surface area contributed by atoms with Crippen LogP contribution < -0.4 is 14.8 Å². The number of likely N-dealkylation sites (N-methyl/N-ethyl adjacent to an activating group) is 1. The van der Waals surface area contributed by atoms with E-state index in [1.54, 1.807) is 69.5 Å². The molecule has 192 valence electrons. The van der Waals surface area contributed by atoms with Crippen LogP contribution in [-0.2, 0) is 9.59 Å². The lowest BCUT2D eigenvalue weighted by atomic mass is 10.0. The average molecular weight is 497 g/mol. The minimum Gasteiger partial charge on any atom is -0.493 e. The van der Waals surface area contributed by atoms with Crippen LogP contribution >= 0.6 is 0 Å². The number of ether oxygens (including phenoxy) is 2. The van der Waals surface area contributed by atoms with Gasteiger partial charge in [0.25, 0.3) is 11.8 Å². The number of nitrogens with one attached hydrogen (secondary N) is 1. The molecule has 0 bridgehead atoms. The molecule has 36 heavy (non-hydrogen) atoms. The number of fused-ring (bicyclic) bond motifs is 1. The smallest absolute Gasteiger partial charge is 0.264 e. The summed E-state index contributed by atoms with van der Waals surface area (Å²) >= 11 is 0. The van der Waals surface area contributed by atoms with Gasteiger partial charge in [0.2, 0.25) is 11.8 Å². The van der Waals surface area contributed by atoms with Crippen molar-refractivity contribution in [2.75, 3.05) is 53.8 Å². The Morgan fingerprint density at radius 1 is 1.03 bits per heavy atom. The third-order valence-electron chi connectivity index (χ3n) is 5.73. The third kappa shape index (κ3) is 5.49. The van der Waals surface area contributed by atoms with Crippen LogP contribution in [0.5, 0.6) is 11.5 Å². The number of carbonyl (C=O) groups is 4. The Kier molecular flexibility index (Phi) is 8.31. The maximum atomic E-state index is 13.7. The summed E-state index contributed by atoms with van der Waals surface area (Å²) in [5, 5.41) is 2.73. The van der Waals surface area contributed by atoms with Crippen molar-refractivity contribution in [3.05, 3.63) is 53.1 Å². The Morgan fingerprint density at radius 3 is 2.36 bits per heavy atom. The highest BCUT2D eigenvalue weighted by Gasteiger charge is 2.43. The molecule has 0 radical (unpaired) electrons. The zero-order valence-electron chi connectivity index (χ0n) is 21.5. The Hall–Kier alpha value is -3.92. The number of nitrogens with zero attached hydrogens (tertiary/aromatic N) is 3. The van der Waals surface area contributed by atoms with Gasteiger partial charge in [0, 0.05) is 14.1 Å². The van der Waals surface area contributed by atoms with E-state index in [0.29, 0.717) is 23.7 Å². The number of rotatable bonds is 10. The van der Waals surface area contributed by atoms with Crippen LogP contribution in [0.15, 0.2) is 36.4 Å². The second kappa shape index (κ2) is 11.2. The van der Waals surface area contributed by atoms with Crippen LogP contribution in [0.2, 0.25) is 0 Å². The number of imide groups is 1. The summed E-state index contributed by atoms with van der Waals surface area (Å²) in [6, 6.07) is 8.90. The predicted octanol–water partition coefficient (Wildman–Crippen LogP) is 2.41. The van der Waals surface area contributed by atoms with E-state index in [0.717, 1.165) is 4.90 Å². The zero-order chi connectivity index (χ0) is 26.6. The molecule has 0 saturated carbocycles. The molecular weight excluding hydrogens is 464 g/mol. The summed E-state index contributed by atoms with van der Waals surface area (Å²) in [6.45, 7) is 2.32. The lowest BCUT2D eigenvalue weighted by Crippen LogP contribution is -2.37. The van der Waals surface area contributed by atoms with Crippen molar-refractivity contribution in [1.82, 2.24) is 14.7 Å². The number of methoxy groups -OCH3 is 1. The average Bonchev–Trinajstić information content (AvgIpc) is 3.07. The molecule has 1 atom stereocenters. The first-order valence-corrected chi connectivity index (χ1v) is 11.5. The van der Waals surface area contributed by atoms with E-state index < -0.39 is 17.9 Å². The van der Waals surface area contributed by atoms with Gasteiger partial charge in [0.1, 0.15) is 0 Å². The molecule has 3 rings (SSSR count). The van der Waals surface area contributed by atoms with E-state index >= 15 is 0 Å². The van der Waals surface area contributed by atoms with Crippen molar-refractivity contribution >= 4 is 29.3 Å². The second-order valence-electron chi connectivity index (χ2n) is 8.85. The van der Waals surface area contributed by atoms with Crippen LogP contribution in [-0.4, -0.2) is 86.8 Å². The summed E-state index contributed by atoms with van der Waals surface area (Å²) in [6.07, 6.45) is -0.126. The fraction of sp³-hybridized carbons (Fsp3) is 0.385. The van der Waals surface area contributed by atoms with Crippen molar-refractivity contribution in [2.45, 2.75) is 19.4 Å². The first-order chi connectivity index (χ1) is 17.1. The Morgan fingerprint density at radius 2 is 1.75 bits per heavy atom. The van der Waals surface area contributed by atoms with E-state index in [1.807, 2.05) is 6.92 Å². The van der Waals surface area contributed by atoms with Gasteiger partial charge in [-0.2, -0.15) is 0 Å². The Bertz CT molecular complexity index is 1180. The van der Waals surface area contributed by atoms with Gasteiger partial charge in [0.05, 0.1) is 49.5 Å². The van der Waals surface area contributed by atoms with E-state index in [9.17, 15) is 19.2 Å². The summed E-state index contributed by atoms with van der Waals surface area (Å²) in [5.41, 5.74) is 1.07. The molecule has 0 spiro atoms. The SMILES string of the molecule is CCOc1cc([C@@H](CC(=O)N(C)C)N2C(=O)c3cccc(NC(=O)CN(C)C)c3C2=O)ccc1OC. The first kappa shape index (κ1) is 26.7. The molecule has 2 aromatic rings. The number of carbonyl (C=O) groups excluding carboxylic acids is 4. The maximum Gasteiger partial charge on any atom is 0.264 e. The van der Waals surface area contributed by atoms with Crippen LogP contribution in [0.25, 0.3) is 0 Å². The quantitative estimate of drug-likeness (QED) is 0.503. The van der Waals surface area contributed by atoms with Gasteiger partial charge >= 0.3 is 0 Å². The molecule has 0 unspecified atom stereocenters. The van der Waals surface area contributed by atoms with E-state index in [-0.39, 0.29) is 41.6 Å². The van der Waals surface area contributed by atoms with Gasteiger partial charge in [-0.25, -0.2) is 0 Å². The molecule has 10 nitrogen and oxygen atoms in total. The topological polar surface area (TPSA) is 108 Å². The highest BCUT2D eigenvalue weighted by atomic mass is 16.5. The molecule has 0 aromatic heterocycles. The van der Waals surface area contributed by atoms with Gasteiger partial charge in [-0.05, 0) is 50.8 Å². The molecule has 10 heteroatoms. The van der Waals surface area contributed by atoms with E-state index in [1.165, 1.54) is 12.0 Å². The number of amides is 4. The molecule has 0 fully saturated rings. The van der Waals surface area contributed by atoms with Crippen molar-refractivity contribution in [2.24, 2.45) is 0 Å². The minimum absolute atomic E-state index is 0.107. The fourth-order valence-electron chi connectivity index (χ4n) is 4.04. The van der Waals surface area contributed by atoms with Gasteiger partial charge in [0.15, 0.2) is 11.5 Å². The maximum absolute atomic E-state index is 13.7. The van der Waals surface area contributed by atoms with Gasteiger partial charge in [-0.1, -0.05) is 12.1 Å². The monoisotopic (exact) mass is 496 g/mol. The van der Waals surface area contributed by atoms with Crippen molar-refractivity contribution in [3.8, 4) is 11.5 Å². The van der Waals surface area contributed by atoms with Crippen molar-refractivity contribution in [1.29, 1.82) is 0 Å². The molecule has 1 aliphatic heterocycles. The van der Waals surface area contributed by atoms with E-state index in [2.05, 4.69) is 5.32 Å². The molecule has 4 amide bonds. The highest BCUT2D eigenvalue weighted by Crippen LogP contribution is 2.39. The van der Waals surface area contributed by atoms with Crippen molar-refractivity contribution < 1.29 is 28.7 Å². The lowest BCUT2D eigenvalue weighted by Gasteiger charge is -2.28. The molecule has 1 N–H and O–H groups in total. The summed E-state index contributed by atoms with van der Waals surface area (Å²) in [4.78, 5) is 56.6. The Labute approximate surface area is 210 Å². The Balaban J connectivity index is 2.06. The molecular formula is C26H32N4O6. The zero-order valence-corrected chi connectivity index (χ0v) is 21.5. The third-order valence-corrected chi connectivity index (χ3v) is 5.73. The summed E-state index contributed by atoms with van der Waals surface area (Å²) < 4.78 is 11.0. The van der Waals surface area contributed by atoms with Crippen LogP contribution in [0.1, 0.15) is 45.7 Å². The second-order valence-corrected chi connectivity index (χ2v) is 8.85. The predicted molar refractivity (Wildman–Crippen MR) is 134 cm³/mol. The fourth-order valence-corrected chi connectivity index (χ4v) is 4.04.